The summed E-state index contributed by atoms with van der Waals surface area (Å²) in [6.07, 6.45) is 7.31. The van der Waals surface area contributed by atoms with Crippen molar-refractivity contribution in [3.05, 3.63) is 0 Å². The number of nitrogens with one attached hydrogen (secondary N) is 2. The van der Waals surface area contributed by atoms with Crippen molar-refractivity contribution in [2.45, 2.75) is 108 Å². The van der Waals surface area contributed by atoms with Crippen LogP contribution in [0.2, 0.25) is 0 Å². The molecule has 2 fully saturated rings. The molecule has 0 aliphatic heterocycles. The van der Waals surface area contributed by atoms with Crippen molar-refractivity contribution in [2.75, 3.05) is 0 Å². The Morgan fingerprint density at radius 1 is 0.893 bits per heavy atom. The molecule has 0 aromatic rings. The van der Waals surface area contributed by atoms with E-state index in [1.54, 1.807) is 0 Å². The van der Waals surface area contributed by atoms with Crippen molar-refractivity contribution in [1.82, 2.24) is 10.6 Å². The first-order valence-corrected chi connectivity index (χ1v) is 12.6. The average Bonchev–Trinajstić information content (AvgIpc) is 2.61. The van der Waals surface area contributed by atoms with Gasteiger partial charge >= 0.3 is 0 Å². The second-order valence-corrected chi connectivity index (χ2v) is 11.6. The van der Waals surface area contributed by atoms with Crippen LogP contribution in [-0.2, 0) is 19.4 Å². The number of amides is 2. The van der Waals surface area contributed by atoms with Crippen molar-refractivity contribution >= 4 is 21.7 Å². The molecule has 2 amide bonds. The number of carbonyl (C=O) groups is 2. The fraction of sp³-hybridized carbons (Fsp3) is 0.905. The van der Waals surface area contributed by atoms with Gasteiger partial charge < -0.3 is 10.6 Å². The van der Waals surface area contributed by atoms with E-state index in [9.17, 15) is 18.0 Å². The van der Waals surface area contributed by atoms with E-state index in [0.717, 1.165) is 38.5 Å². The van der Waals surface area contributed by atoms with Gasteiger partial charge in [0.15, 0.2) is 9.84 Å². The summed E-state index contributed by atoms with van der Waals surface area (Å²) in [5.41, 5.74) is 0. The predicted octanol–water partition coefficient (Wildman–Crippen LogP) is 2.96. The van der Waals surface area contributed by atoms with Gasteiger partial charge in [-0.3, -0.25) is 9.59 Å². The molecule has 3 unspecified atom stereocenters. The van der Waals surface area contributed by atoms with Gasteiger partial charge in [0.05, 0.1) is 5.25 Å². The van der Waals surface area contributed by atoms with Gasteiger partial charge in [0.25, 0.3) is 0 Å². The van der Waals surface area contributed by atoms with Crippen LogP contribution in [0.5, 0.6) is 0 Å². The highest BCUT2D eigenvalue weighted by Crippen LogP contribution is 2.30. The van der Waals surface area contributed by atoms with Gasteiger partial charge in [-0.15, -0.1) is 0 Å². The number of hydrogen-bond donors (Lipinski definition) is 2. The molecule has 2 rings (SSSR count). The quantitative estimate of drug-likeness (QED) is 0.670. The van der Waals surface area contributed by atoms with Crippen molar-refractivity contribution in [3.63, 3.8) is 0 Å². The van der Waals surface area contributed by atoms with Crippen LogP contribution in [0, 0.1) is 11.8 Å². The van der Waals surface area contributed by atoms with Crippen LogP contribution in [-0.4, -0.2) is 42.8 Å². The fourth-order valence-electron chi connectivity index (χ4n) is 4.68. The predicted molar refractivity (Wildman–Crippen MR) is 112 cm³/mol. The molecule has 162 valence electrons. The van der Waals surface area contributed by atoms with Crippen LogP contribution < -0.4 is 10.6 Å². The maximum Gasteiger partial charge on any atom is 0.238 e. The molecule has 0 spiro atoms. The zero-order valence-electron chi connectivity index (χ0n) is 17.9. The van der Waals surface area contributed by atoms with E-state index in [0.29, 0.717) is 19.3 Å². The summed E-state index contributed by atoms with van der Waals surface area (Å²) in [5.74, 6) is -0.732. The first-order valence-electron chi connectivity index (χ1n) is 11.0. The molecule has 0 aromatic heterocycles. The topological polar surface area (TPSA) is 92.3 Å². The lowest BCUT2D eigenvalue weighted by Crippen LogP contribution is -2.51. The molecule has 0 radical (unpaired) electrons. The summed E-state index contributed by atoms with van der Waals surface area (Å²) in [4.78, 5) is 25.3. The highest BCUT2D eigenvalue weighted by atomic mass is 32.2. The van der Waals surface area contributed by atoms with Gasteiger partial charge in [-0.25, -0.2) is 8.42 Å². The van der Waals surface area contributed by atoms with E-state index in [1.165, 1.54) is 0 Å². The van der Waals surface area contributed by atoms with E-state index in [1.807, 2.05) is 27.7 Å². The molecule has 2 saturated carbocycles. The van der Waals surface area contributed by atoms with Gasteiger partial charge in [-0.1, -0.05) is 39.5 Å². The minimum atomic E-state index is -3.51. The van der Waals surface area contributed by atoms with Crippen LogP contribution in [0.25, 0.3) is 0 Å². The van der Waals surface area contributed by atoms with Crippen LogP contribution in [0.4, 0.5) is 0 Å². The molecule has 6 nitrogen and oxygen atoms in total. The molecule has 0 saturated heterocycles. The third-order valence-corrected chi connectivity index (χ3v) is 8.92. The van der Waals surface area contributed by atoms with Crippen molar-refractivity contribution < 1.29 is 18.0 Å². The number of carbonyl (C=O) groups excluding carboxylic acids is 2. The average molecular weight is 415 g/mol. The fourth-order valence-corrected chi connectivity index (χ4v) is 7.21. The van der Waals surface area contributed by atoms with E-state index >= 15 is 0 Å². The lowest BCUT2D eigenvalue weighted by Gasteiger charge is -2.32. The second kappa shape index (κ2) is 10.1. The smallest absolute Gasteiger partial charge is 0.238 e. The maximum absolute atomic E-state index is 13.2. The second-order valence-electron chi connectivity index (χ2n) is 9.25. The van der Waals surface area contributed by atoms with Crippen LogP contribution in [0.15, 0.2) is 0 Å². The normalized spacial score (nSPS) is 25.5. The summed E-state index contributed by atoms with van der Waals surface area (Å²) in [7, 11) is -3.51. The molecular formula is C21H38N2O4S. The molecule has 2 N–H and O–H groups in total. The lowest BCUT2D eigenvalue weighted by molar-refractivity contribution is -0.128. The molecule has 0 heterocycles. The number of hydrogen-bond acceptors (Lipinski definition) is 4. The first-order chi connectivity index (χ1) is 13.1. The number of sulfone groups is 1. The minimum absolute atomic E-state index is 0.0317. The minimum Gasteiger partial charge on any atom is -0.354 e. The summed E-state index contributed by atoms with van der Waals surface area (Å²) in [5, 5.41) is 4.54. The van der Waals surface area contributed by atoms with Gasteiger partial charge in [0, 0.05) is 18.0 Å². The highest BCUT2D eigenvalue weighted by molar-refractivity contribution is 7.93. The Kier molecular flexibility index (Phi) is 8.34. The third kappa shape index (κ3) is 5.94. The van der Waals surface area contributed by atoms with Crippen LogP contribution >= 0.6 is 0 Å². The Morgan fingerprint density at radius 3 is 2.11 bits per heavy atom. The van der Waals surface area contributed by atoms with Crippen molar-refractivity contribution in [2.24, 2.45) is 11.8 Å². The summed E-state index contributed by atoms with van der Waals surface area (Å²) < 4.78 is 26.4. The molecular weight excluding hydrogens is 376 g/mol. The Balaban J connectivity index is 2.04. The molecule has 0 bridgehead atoms. The molecule has 0 aromatic carbocycles. The zero-order valence-corrected chi connectivity index (χ0v) is 18.7. The number of rotatable bonds is 7. The Labute approximate surface area is 170 Å². The highest BCUT2D eigenvalue weighted by Gasteiger charge is 2.42. The van der Waals surface area contributed by atoms with Gasteiger partial charge in [0.1, 0.15) is 5.25 Å². The SMILES string of the molecule is CC(C)NC(=O)C1CCCC(NC(=O)C(C(C)C)S(=O)(=O)C2CCCCC2)C1. The van der Waals surface area contributed by atoms with E-state index in [4.69, 9.17) is 0 Å². The van der Waals surface area contributed by atoms with Gasteiger partial charge in [-0.05, 0) is 51.9 Å². The van der Waals surface area contributed by atoms with Gasteiger partial charge in [-0.2, -0.15) is 0 Å². The molecule has 7 heteroatoms. The molecule has 2 aliphatic rings. The standard InChI is InChI=1S/C21H38N2O4S/c1-14(2)19(28(26,27)18-11-6-5-7-12-18)21(25)23-17-10-8-9-16(13-17)20(24)22-15(3)4/h14-19H,5-13H2,1-4H3,(H,22,24)(H,23,25). The Bertz CT molecular complexity index is 639. The van der Waals surface area contributed by atoms with E-state index in [-0.39, 0.29) is 35.7 Å². The first kappa shape index (κ1) is 23.2. The lowest BCUT2D eigenvalue weighted by atomic mass is 9.85. The summed E-state index contributed by atoms with van der Waals surface area (Å²) in [6.45, 7) is 7.49. The Hall–Kier alpha value is -1.11. The maximum atomic E-state index is 13.2. The van der Waals surface area contributed by atoms with Gasteiger partial charge in [0.2, 0.25) is 11.8 Å². The summed E-state index contributed by atoms with van der Waals surface area (Å²) in [6, 6.07) is -0.0413. The van der Waals surface area contributed by atoms with Crippen molar-refractivity contribution in [3.8, 4) is 0 Å². The molecule has 2 aliphatic carbocycles. The van der Waals surface area contributed by atoms with E-state index in [2.05, 4.69) is 10.6 Å². The van der Waals surface area contributed by atoms with Crippen molar-refractivity contribution in [1.29, 1.82) is 0 Å². The zero-order chi connectivity index (χ0) is 20.9. The Morgan fingerprint density at radius 2 is 1.54 bits per heavy atom. The molecule has 28 heavy (non-hydrogen) atoms. The van der Waals surface area contributed by atoms with Crippen LogP contribution in [0.1, 0.15) is 85.5 Å². The monoisotopic (exact) mass is 414 g/mol. The molecule has 3 atom stereocenters. The van der Waals surface area contributed by atoms with Crippen LogP contribution in [0.3, 0.4) is 0 Å². The summed E-state index contributed by atoms with van der Waals surface area (Å²) >= 11 is 0. The van der Waals surface area contributed by atoms with E-state index < -0.39 is 20.3 Å². The largest absolute Gasteiger partial charge is 0.354 e. The third-order valence-electron chi connectivity index (χ3n) is 6.06.